The first-order valence-electron chi connectivity index (χ1n) is 4.45. The highest BCUT2D eigenvalue weighted by molar-refractivity contribution is 9.10. The first-order valence-corrected chi connectivity index (χ1v) is 5.24. The topological polar surface area (TPSA) is 50.4 Å². The molecule has 0 aliphatic rings. The van der Waals surface area contributed by atoms with E-state index in [0.717, 1.165) is 10.2 Å². The quantitative estimate of drug-likeness (QED) is 0.876. The Bertz CT molecular complexity index is 355. The molecule has 0 saturated carbocycles. The van der Waals surface area contributed by atoms with E-state index in [0.29, 0.717) is 5.75 Å². The molecular formula is C10H13BrN2O2. The third kappa shape index (κ3) is 3.43. The van der Waals surface area contributed by atoms with Gasteiger partial charge in [-0.25, -0.2) is 0 Å². The van der Waals surface area contributed by atoms with E-state index in [1.807, 2.05) is 18.2 Å². The minimum atomic E-state index is -0.0722. The van der Waals surface area contributed by atoms with Crippen molar-refractivity contribution in [3.8, 4) is 5.75 Å². The maximum atomic E-state index is 11.0. The number of ether oxygens (including phenoxy) is 1. The summed E-state index contributed by atoms with van der Waals surface area (Å²) in [6.45, 7) is 0.226. The number of anilines is 1. The number of hydrogen-bond acceptors (Lipinski definition) is 3. The number of rotatable bonds is 4. The number of methoxy groups -OCH3 is 1. The smallest absolute Gasteiger partial charge is 0.239 e. The van der Waals surface area contributed by atoms with Crippen molar-refractivity contribution in [1.29, 1.82) is 0 Å². The molecule has 1 aromatic rings. The van der Waals surface area contributed by atoms with Gasteiger partial charge >= 0.3 is 0 Å². The molecule has 0 unspecified atom stereocenters. The van der Waals surface area contributed by atoms with E-state index in [1.165, 1.54) is 0 Å². The summed E-state index contributed by atoms with van der Waals surface area (Å²) >= 11 is 3.35. The lowest BCUT2D eigenvalue weighted by atomic mass is 10.3. The summed E-state index contributed by atoms with van der Waals surface area (Å²) in [7, 11) is 3.19. The van der Waals surface area contributed by atoms with Crippen molar-refractivity contribution in [3.63, 3.8) is 0 Å². The second-order valence-electron chi connectivity index (χ2n) is 2.87. The van der Waals surface area contributed by atoms with Gasteiger partial charge in [0.1, 0.15) is 5.75 Å². The molecule has 0 radical (unpaired) electrons. The predicted octanol–water partition coefficient (Wildman–Crippen LogP) is 1.62. The zero-order valence-electron chi connectivity index (χ0n) is 8.63. The fraction of sp³-hybridized carbons (Fsp3) is 0.300. The maximum Gasteiger partial charge on any atom is 0.239 e. The molecule has 0 spiro atoms. The molecule has 1 amide bonds. The summed E-state index contributed by atoms with van der Waals surface area (Å²) in [5.41, 5.74) is 0.787. The van der Waals surface area contributed by atoms with Gasteiger partial charge in [-0.05, 0) is 18.2 Å². The van der Waals surface area contributed by atoms with Gasteiger partial charge in [-0.1, -0.05) is 15.9 Å². The normalized spacial score (nSPS) is 9.53. The monoisotopic (exact) mass is 272 g/mol. The molecule has 2 N–H and O–H groups in total. The molecular weight excluding hydrogens is 260 g/mol. The van der Waals surface area contributed by atoms with Crippen LogP contribution in [-0.2, 0) is 4.79 Å². The average molecular weight is 273 g/mol. The molecule has 0 atom stereocenters. The van der Waals surface area contributed by atoms with Crippen molar-refractivity contribution in [3.05, 3.63) is 22.7 Å². The van der Waals surface area contributed by atoms with Gasteiger partial charge in [0.15, 0.2) is 0 Å². The summed E-state index contributed by atoms with van der Waals surface area (Å²) in [5, 5.41) is 5.52. The fourth-order valence-electron chi connectivity index (χ4n) is 1.08. The van der Waals surface area contributed by atoms with Crippen molar-refractivity contribution < 1.29 is 9.53 Å². The standard InChI is InChI=1S/C10H13BrN2O2/c1-12-10(14)6-13-8-5-7(11)3-4-9(8)15-2/h3-5,13H,6H2,1-2H3,(H,12,14). The number of carbonyl (C=O) groups is 1. The molecule has 0 bridgehead atoms. The van der Waals surface area contributed by atoms with Crippen LogP contribution >= 0.6 is 15.9 Å². The number of likely N-dealkylation sites (N-methyl/N-ethyl adjacent to an activating group) is 1. The molecule has 0 heterocycles. The van der Waals surface area contributed by atoms with Crippen LogP contribution in [-0.4, -0.2) is 26.6 Å². The van der Waals surface area contributed by atoms with Gasteiger partial charge in [-0.2, -0.15) is 0 Å². The lowest BCUT2D eigenvalue weighted by Gasteiger charge is -2.10. The molecule has 5 heteroatoms. The fourth-order valence-corrected chi connectivity index (χ4v) is 1.44. The highest BCUT2D eigenvalue weighted by Gasteiger charge is 2.04. The Morgan fingerprint density at radius 2 is 2.27 bits per heavy atom. The third-order valence-corrected chi connectivity index (χ3v) is 2.37. The van der Waals surface area contributed by atoms with Crippen molar-refractivity contribution in [2.24, 2.45) is 0 Å². The van der Waals surface area contributed by atoms with Crippen LogP contribution in [0.1, 0.15) is 0 Å². The number of hydrogen-bond donors (Lipinski definition) is 2. The summed E-state index contributed by atoms with van der Waals surface area (Å²) in [5.74, 6) is 0.638. The predicted molar refractivity (Wildman–Crippen MR) is 63.3 cm³/mol. The summed E-state index contributed by atoms with van der Waals surface area (Å²) in [6, 6.07) is 5.57. The number of benzene rings is 1. The van der Waals surface area contributed by atoms with Gasteiger partial charge in [0.2, 0.25) is 5.91 Å². The summed E-state index contributed by atoms with van der Waals surface area (Å²) in [6.07, 6.45) is 0. The van der Waals surface area contributed by atoms with Crippen molar-refractivity contribution >= 4 is 27.5 Å². The highest BCUT2D eigenvalue weighted by atomic mass is 79.9. The Hall–Kier alpha value is -1.23. The molecule has 0 aliphatic heterocycles. The van der Waals surface area contributed by atoms with Crippen LogP contribution in [0.4, 0.5) is 5.69 Å². The molecule has 0 fully saturated rings. The van der Waals surface area contributed by atoms with Crippen LogP contribution in [0.25, 0.3) is 0 Å². The second-order valence-corrected chi connectivity index (χ2v) is 3.79. The molecule has 0 aromatic heterocycles. The molecule has 82 valence electrons. The summed E-state index contributed by atoms with van der Waals surface area (Å²) < 4.78 is 6.08. The lowest BCUT2D eigenvalue weighted by Crippen LogP contribution is -2.26. The van der Waals surface area contributed by atoms with E-state index in [4.69, 9.17) is 4.74 Å². The Kier molecular flexibility index (Phi) is 4.42. The van der Waals surface area contributed by atoms with Crippen molar-refractivity contribution in [1.82, 2.24) is 5.32 Å². The zero-order valence-corrected chi connectivity index (χ0v) is 10.2. The molecule has 15 heavy (non-hydrogen) atoms. The van der Waals surface area contributed by atoms with Crippen LogP contribution < -0.4 is 15.4 Å². The van der Waals surface area contributed by atoms with Gasteiger partial charge in [0.25, 0.3) is 0 Å². The van der Waals surface area contributed by atoms with E-state index in [1.54, 1.807) is 14.2 Å². The van der Waals surface area contributed by atoms with Crippen LogP contribution in [0.5, 0.6) is 5.75 Å². The molecule has 0 aliphatic carbocycles. The zero-order chi connectivity index (χ0) is 11.3. The van der Waals surface area contributed by atoms with Gasteiger partial charge in [0, 0.05) is 11.5 Å². The number of carbonyl (C=O) groups excluding carboxylic acids is 1. The van der Waals surface area contributed by atoms with Crippen LogP contribution in [0.3, 0.4) is 0 Å². The number of amides is 1. The Labute approximate surface area is 97.1 Å². The third-order valence-electron chi connectivity index (χ3n) is 1.88. The largest absolute Gasteiger partial charge is 0.495 e. The second kappa shape index (κ2) is 5.60. The lowest BCUT2D eigenvalue weighted by molar-refractivity contribution is -0.118. The molecule has 0 saturated heterocycles. The van der Waals surface area contributed by atoms with Gasteiger partial charge in [0.05, 0.1) is 19.3 Å². The van der Waals surface area contributed by atoms with Crippen LogP contribution in [0.15, 0.2) is 22.7 Å². The van der Waals surface area contributed by atoms with E-state index < -0.39 is 0 Å². The van der Waals surface area contributed by atoms with E-state index >= 15 is 0 Å². The summed E-state index contributed by atoms with van der Waals surface area (Å²) in [4.78, 5) is 11.0. The van der Waals surface area contributed by atoms with Crippen molar-refractivity contribution in [2.45, 2.75) is 0 Å². The first kappa shape index (κ1) is 11.8. The average Bonchev–Trinajstić information content (AvgIpc) is 2.26. The van der Waals surface area contributed by atoms with E-state index in [2.05, 4.69) is 26.6 Å². The number of nitrogens with one attached hydrogen (secondary N) is 2. The Morgan fingerprint density at radius 3 is 2.87 bits per heavy atom. The van der Waals surface area contributed by atoms with Gasteiger partial charge < -0.3 is 15.4 Å². The minimum Gasteiger partial charge on any atom is -0.495 e. The van der Waals surface area contributed by atoms with E-state index in [-0.39, 0.29) is 12.5 Å². The van der Waals surface area contributed by atoms with Gasteiger partial charge in [-0.15, -0.1) is 0 Å². The Morgan fingerprint density at radius 1 is 1.53 bits per heavy atom. The highest BCUT2D eigenvalue weighted by Crippen LogP contribution is 2.27. The van der Waals surface area contributed by atoms with Gasteiger partial charge in [-0.3, -0.25) is 4.79 Å². The minimum absolute atomic E-state index is 0.0722. The SMILES string of the molecule is CNC(=O)CNc1cc(Br)ccc1OC. The Balaban J connectivity index is 2.74. The molecule has 1 aromatic carbocycles. The van der Waals surface area contributed by atoms with Crippen LogP contribution in [0, 0.1) is 0 Å². The number of halogens is 1. The van der Waals surface area contributed by atoms with E-state index in [9.17, 15) is 4.79 Å². The molecule has 1 rings (SSSR count). The van der Waals surface area contributed by atoms with Crippen LogP contribution in [0.2, 0.25) is 0 Å². The first-order chi connectivity index (χ1) is 7.17. The molecule has 4 nitrogen and oxygen atoms in total. The van der Waals surface area contributed by atoms with Crippen molar-refractivity contribution in [2.75, 3.05) is 26.0 Å². The maximum absolute atomic E-state index is 11.0.